The number of nitrogens with one attached hydrogen (secondary N) is 1. The molecule has 0 saturated heterocycles. The summed E-state index contributed by atoms with van der Waals surface area (Å²) in [6.07, 6.45) is 4.59. The van der Waals surface area contributed by atoms with Crippen molar-refractivity contribution in [2.45, 2.75) is 19.8 Å². The van der Waals surface area contributed by atoms with Crippen LogP contribution < -0.4 is 16.0 Å². The number of halogens is 2. The van der Waals surface area contributed by atoms with Crippen LogP contribution in [0.5, 0.6) is 5.75 Å². The van der Waals surface area contributed by atoms with E-state index in [2.05, 4.69) is 10.4 Å². The van der Waals surface area contributed by atoms with Gasteiger partial charge >= 0.3 is 0 Å². The zero-order valence-corrected chi connectivity index (χ0v) is 11.0. The molecule has 2 rings (SSSR count). The lowest BCUT2D eigenvalue weighted by molar-refractivity contribution is 0.449. The van der Waals surface area contributed by atoms with Crippen LogP contribution in [0.15, 0.2) is 46.7 Å². The van der Waals surface area contributed by atoms with Gasteiger partial charge in [-0.15, -0.1) is 0 Å². The molecule has 1 aromatic rings. The van der Waals surface area contributed by atoms with Gasteiger partial charge in [0.2, 0.25) is 11.6 Å². The standard InChI is InChI=1S/C14H15F2N3O/c1-9-5-6-10(19-17)8-18-13(7-9)20-14-11(15)3-2-4-12(14)16/h2-4,7-8,19H,5-6,17H2,1H3/b9-7-,10-8+,18-13+. The van der Waals surface area contributed by atoms with Crippen molar-refractivity contribution in [1.29, 1.82) is 0 Å². The number of nitrogens with zero attached hydrogens (tertiary/aromatic N) is 1. The van der Waals surface area contributed by atoms with Crippen molar-refractivity contribution in [3.63, 3.8) is 0 Å². The highest BCUT2D eigenvalue weighted by atomic mass is 19.1. The van der Waals surface area contributed by atoms with Crippen molar-refractivity contribution in [2.24, 2.45) is 10.8 Å². The fraction of sp³-hybridized carbons (Fsp3) is 0.214. The Labute approximate surface area is 115 Å². The lowest BCUT2D eigenvalue weighted by Gasteiger charge is -2.12. The highest BCUT2D eigenvalue weighted by Crippen LogP contribution is 2.22. The first-order chi connectivity index (χ1) is 9.60. The van der Waals surface area contributed by atoms with Gasteiger partial charge in [0.05, 0.1) is 6.20 Å². The van der Waals surface area contributed by atoms with Gasteiger partial charge < -0.3 is 10.2 Å². The van der Waals surface area contributed by atoms with Crippen molar-refractivity contribution in [1.82, 2.24) is 5.43 Å². The number of nitrogens with two attached hydrogens (primary N) is 1. The van der Waals surface area contributed by atoms with Crippen molar-refractivity contribution in [2.75, 3.05) is 0 Å². The van der Waals surface area contributed by atoms with Gasteiger partial charge in [-0.1, -0.05) is 11.6 Å². The predicted octanol–water partition coefficient (Wildman–Crippen LogP) is 2.79. The minimum atomic E-state index is -0.776. The number of hydrogen-bond acceptors (Lipinski definition) is 4. The molecule has 3 N–H and O–H groups in total. The van der Waals surface area contributed by atoms with E-state index in [1.807, 2.05) is 6.92 Å². The molecule has 0 unspecified atom stereocenters. The molecule has 0 aliphatic carbocycles. The highest BCUT2D eigenvalue weighted by Gasteiger charge is 2.13. The lowest BCUT2D eigenvalue weighted by atomic mass is 10.1. The summed E-state index contributed by atoms with van der Waals surface area (Å²) in [5.74, 6) is 3.44. The summed E-state index contributed by atoms with van der Waals surface area (Å²) < 4.78 is 32.3. The van der Waals surface area contributed by atoms with E-state index in [4.69, 9.17) is 10.6 Å². The number of hydrogen-bond donors (Lipinski definition) is 2. The zero-order chi connectivity index (χ0) is 14.5. The number of hydrazine groups is 1. The second-order valence-electron chi connectivity index (χ2n) is 4.41. The van der Waals surface area contributed by atoms with E-state index in [9.17, 15) is 8.78 Å². The van der Waals surface area contributed by atoms with Gasteiger partial charge in [-0.05, 0) is 38.0 Å². The summed E-state index contributed by atoms with van der Waals surface area (Å²) in [7, 11) is 0. The van der Waals surface area contributed by atoms with Crippen LogP contribution in [0, 0.1) is 11.6 Å². The smallest absolute Gasteiger partial charge is 0.219 e. The van der Waals surface area contributed by atoms with E-state index in [1.165, 1.54) is 12.3 Å². The number of benzene rings is 1. The molecule has 0 bridgehead atoms. The molecule has 0 saturated carbocycles. The Bertz CT molecular complexity index is 574. The van der Waals surface area contributed by atoms with Crippen LogP contribution in [0.3, 0.4) is 0 Å². The number of allylic oxidation sites excluding steroid dienone is 2. The fourth-order valence-corrected chi connectivity index (χ4v) is 1.71. The van der Waals surface area contributed by atoms with Gasteiger partial charge in [0.1, 0.15) is 0 Å². The molecule has 1 heterocycles. The minimum absolute atomic E-state index is 0.110. The van der Waals surface area contributed by atoms with Crippen molar-refractivity contribution in [3.8, 4) is 5.75 Å². The maximum Gasteiger partial charge on any atom is 0.219 e. The third kappa shape index (κ3) is 3.42. The molecule has 1 aliphatic rings. The van der Waals surface area contributed by atoms with E-state index >= 15 is 0 Å². The molecule has 0 fully saturated rings. The van der Waals surface area contributed by atoms with Gasteiger partial charge in [0.15, 0.2) is 11.6 Å². The quantitative estimate of drug-likeness (QED) is 0.646. The van der Waals surface area contributed by atoms with Crippen molar-refractivity contribution < 1.29 is 13.5 Å². The summed E-state index contributed by atoms with van der Waals surface area (Å²) in [6.45, 7) is 1.88. The Hall–Kier alpha value is -2.21. The Morgan fingerprint density at radius 2 is 1.95 bits per heavy atom. The van der Waals surface area contributed by atoms with Crippen LogP contribution in [-0.4, -0.2) is 5.90 Å². The van der Waals surface area contributed by atoms with Crippen LogP contribution in [0.25, 0.3) is 0 Å². The first-order valence-corrected chi connectivity index (χ1v) is 6.12. The SMILES string of the molecule is C/C1=C/C(Oc2c(F)cccc2F)=N\C=C(\NN)CC1. The van der Waals surface area contributed by atoms with Gasteiger partial charge in [-0.3, -0.25) is 5.84 Å². The Balaban J connectivity index is 2.32. The maximum atomic E-state index is 13.5. The van der Waals surface area contributed by atoms with Crippen LogP contribution in [0.2, 0.25) is 0 Å². The van der Waals surface area contributed by atoms with Gasteiger partial charge in [-0.2, -0.15) is 0 Å². The van der Waals surface area contributed by atoms with Crippen LogP contribution >= 0.6 is 0 Å². The zero-order valence-electron chi connectivity index (χ0n) is 11.0. The highest BCUT2D eigenvalue weighted by molar-refractivity contribution is 5.90. The molecule has 6 heteroatoms. The number of rotatable bonds is 2. The van der Waals surface area contributed by atoms with Gasteiger partial charge in [0, 0.05) is 5.70 Å². The van der Waals surface area contributed by atoms with Crippen LogP contribution in [0.1, 0.15) is 19.8 Å². The topological polar surface area (TPSA) is 59.6 Å². The normalized spacial score (nSPS) is 23.3. The Morgan fingerprint density at radius 3 is 2.60 bits per heavy atom. The minimum Gasteiger partial charge on any atom is -0.433 e. The molecule has 0 atom stereocenters. The van der Waals surface area contributed by atoms with E-state index < -0.39 is 17.4 Å². The molecule has 0 spiro atoms. The monoisotopic (exact) mass is 279 g/mol. The third-order valence-corrected chi connectivity index (χ3v) is 2.82. The molecule has 20 heavy (non-hydrogen) atoms. The van der Waals surface area contributed by atoms with Gasteiger partial charge in [0.25, 0.3) is 0 Å². The van der Waals surface area contributed by atoms with Crippen molar-refractivity contribution >= 4 is 5.90 Å². The summed E-state index contributed by atoms with van der Waals surface area (Å²) in [4.78, 5) is 4.04. The van der Waals surface area contributed by atoms with E-state index in [0.29, 0.717) is 12.1 Å². The first-order valence-electron chi connectivity index (χ1n) is 6.12. The Morgan fingerprint density at radius 1 is 1.25 bits per heavy atom. The summed E-state index contributed by atoms with van der Waals surface area (Å²) in [5.41, 5.74) is 4.21. The fourth-order valence-electron chi connectivity index (χ4n) is 1.71. The molecule has 1 aromatic carbocycles. The third-order valence-electron chi connectivity index (χ3n) is 2.82. The van der Waals surface area contributed by atoms with Crippen LogP contribution in [0.4, 0.5) is 8.78 Å². The number of ether oxygens (including phenoxy) is 1. The van der Waals surface area contributed by atoms with Crippen molar-refractivity contribution in [3.05, 3.63) is 53.4 Å². The van der Waals surface area contributed by atoms with Gasteiger partial charge in [-0.25, -0.2) is 13.8 Å². The number of aliphatic imine (C=N–C) groups is 1. The maximum absolute atomic E-state index is 13.5. The number of para-hydroxylation sites is 1. The molecule has 4 nitrogen and oxygen atoms in total. The molecular weight excluding hydrogens is 264 g/mol. The first kappa shape index (κ1) is 14.2. The molecular formula is C14H15F2N3O. The van der Waals surface area contributed by atoms with Crippen LogP contribution in [-0.2, 0) is 0 Å². The summed E-state index contributed by atoms with van der Waals surface area (Å²) in [6, 6.07) is 3.53. The molecule has 0 aromatic heterocycles. The predicted molar refractivity (Wildman–Crippen MR) is 72.8 cm³/mol. The van der Waals surface area contributed by atoms with E-state index in [-0.39, 0.29) is 5.90 Å². The molecule has 0 amide bonds. The lowest BCUT2D eigenvalue weighted by Crippen LogP contribution is -2.21. The second-order valence-corrected chi connectivity index (χ2v) is 4.41. The van der Waals surface area contributed by atoms with E-state index in [1.54, 1.807) is 6.08 Å². The molecule has 106 valence electrons. The Kier molecular flexibility index (Phi) is 4.47. The van der Waals surface area contributed by atoms with E-state index in [0.717, 1.165) is 24.1 Å². The molecule has 1 aliphatic heterocycles. The summed E-state index contributed by atoms with van der Waals surface area (Å²) >= 11 is 0. The largest absolute Gasteiger partial charge is 0.433 e. The average Bonchev–Trinajstić information content (AvgIpc) is 2.40. The summed E-state index contributed by atoms with van der Waals surface area (Å²) in [5, 5.41) is 0. The second kappa shape index (κ2) is 6.29. The average molecular weight is 279 g/mol. The molecule has 0 radical (unpaired) electrons.